The van der Waals surface area contributed by atoms with E-state index in [0.717, 1.165) is 31.4 Å². The van der Waals surface area contributed by atoms with Crippen molar-refractivity contribution in [3.8, 4) is 17.2 Å². The van der Waals surface area contributed by atoms with Crippen molar-refractivity contribution in [2.45, 2.75) is 26.2 Å². The Morgan fingerprint density at radius 1 is 1.05 bits per heavy atom. The van der Waals surface area contributed by atoms with Gasteiger partial charge >= 0.3 is 5.97 Å². The second kappa shape index (κ2) is 8.68. The second-order valence-corrected chi connectivity index (χ2v) is 4.39. The number of phenolic OH excluding ortho intramolecular Hbond substituents is 3. The van der Waals surface area contributed by atoms with Crippen molar-refractivity contribution in [1.29, 1.82) is 0 Å². The van der Waals surface area contributed by atoms with E-state index >= 15 is 0 Å². The van der Waals surface area contributed by atoms with Crippen LogP contribution in [0.1, 0.15) is 36.5 Å². The van der Waals surface area contributed by atoms with E-state index in [1.54, 1.807) is 6.08 Å². The molecule has 0 heterocycles. The number of unbranched alkanes of at least 4 members (excludes halogenated alkanes) is 1. The number of ether oxygens (including phenoxy) is 1. The zero-order chi connectivity index (χ0) is 15.7. The van der Waals surface area contributed by atoms with Crippen LogP contribution in [0.2, 0.25) is 0 Å². The molecule has 0 unspecified atom stereocenters. The number of carbonyl (C=O) groups excluding carboxylic acids is 1. The Balaban J connectivity index is 2.41. The van der Waals surface area contributed by atoms with Crippen LogP contribution in [0.5, 0.6) is 17.2 Å². The van der Waals surface area contributed by atoms with Crippen LogP contribution in [0, 0.1) is 0 Å². The third-order valence-electron chi connectivity index (χ3n) is 2.69. The van der Waals surface area contributed by atoms with Crippen molar-refractivity contribution in [2.24, 2.45) is 0 Å². The van der Waals surface area contributed by atoms with Crippen molar-refractivity contribution in [1.82, 2.24) is 0 Å². The summed E-state index contributed by atoms with van der Waals surface area (Å²) in [5.74, 6) is -2.48. The molecule has 0 fully saturated rings. The van der Waals surface area contributed by atoms with Crippen molar-refractivity contribution in [3.05, 3.63) is 42.0 Å². The van der Waals surface area contributed by atoms with Crippen molar-refractivity contribution >= 4 is 5.97 Å². The highest BCUT2D eigenvalue weighted by atomic mass is 16.5. The summed E-state index contributed by atoms with van der Waals surface area (Å²) in [5, 5.41) is 27.8. The van der Waals surface area contributed by atoms with Crippen LogP contribution in [0.25, 0.3) is 0 Å². The molecule has 0 atom stereocenters. The molecule has 114 valence electrons. The Bertz CT molecular complexity index is 508. The number of aromatic hydroxyl groups is 3. The van der Waals surface area contributed by atoms with Crippen LogP contribution < -0.4 is 0 Å². The first kappa shape index (κ1) is 16.6. The van der Waals surface area contributed by atoms with E-state index in [9.17, 15) is 20.1 Å². The molecular formula is C16H20O5. The molecule has 21 heavy (non-hydrogen) atoms. The fourth-order valence-corrected chi connectivity index (χ4v) is 1.59. The second-order valence-electron chi connectivity index (χ2n) is 4.39. The fraction of sp³-hybridized carbons (Fsp3) is 0.312. The summed E-state index contributed by atoms with van der Waals surface area (Å²) in [6, 6.07) is 2.08. The highest BCUT2D eigenvalue weighted by molar-refractivity contribution is 5.91. The van der Waals surface area contributed by atoms with Crippen molar-refractivity contribution in [2.75, 3.05) is 6.61 Å². The van der Waals surface area contributed by atoms with E-state index in [1.807, 2.05) is 6.08 Å². The predicted octanol–water partition coefficient (Wildman–Crippen LogP) is 3.26. The van der Waals surface area contributed by atoms with Gasteiger partial charge in [0.05, 0.1) is 5.56 Å². The molecule has 1 rings (SSSR count). The Morgan fingerprint density at radius 3 is 2.19 bits per heavy atom. The Kier molecular flexibility index (Phi) is 6.87. The minimum Gasteiger partial charge on any atom is -0.504 e. The molecule has 1 aromatic rings. The highest BCUT2D eigenvalue weighted by Gasteiger charge is 2.13. The van der Waals surface area contributed by atoms with Gasteiger partial charge in [0, 0.05) is 0 Å². The van der Waals surface area contributed by atoms with Gasteiger partial charge in [-0.25, -0.2) is 4.79 Å². The van der Waals surface area contributed by atoms with E-state index in [0.29, 0.717) is 0 Å². The minimum atomic E-state index is -0.684. The van der Waals surface area contributed by atoms with Gasteiger partial charge in [0.1, 0.15) is 6.61 Å². The van der Waals surface area contributed by atoms with Gasteiger partial charge in [-0.05, 0) is 31.4 Å². The Labute approximate surface area is 123 Å². The molecule has 0 bridgehead atoms. The van der Waals surface area contributed by atoms with Crippen LogP contribution in [0.3, 0.4) is 0 Å². The smallest absolute Gasteiger partial charge is 0.338 e. The number of hydrogen-bond acceptors (Lipinski definition) is 5. The number of esters is 1. The monoisotopic (exact) mass is 292 g/mol. The first-order valence-corrected chi connectivity index (χ1v) is 6.78. The number of carbonyl (C=O) groups is 1. The van der Waals surface area contributed by atoms with Crippen molar-refractivity contribution < 1.29 is 24.9 Å². The average Bonchev–Trinajstić information content (AvgIpc) is 2.46. The van der Waals surface area contributed by atoms with Crippen LogP contribution >= 0.6 is 0 Å². The summed E-state index contributed by atoms with van der Waals surface area (Å²) in [6.07, 6.45) is 10.7. The lowest BCUT2D eigenvalue weighted by molar-refractivity contribution is 0.0548. The van der Waals surface area contributed by atoms with E-state index in [4.69, 9.17) is 4.74 Å². The Morgan fingerprint density at radius 2 is 1.62 bits per heavy atom. The molecule has 0 saturated heterocycles. The van der Waals surface area contributed by atoms with E-state index in [1.165, 1.54) is 0 Å². The molecule has 5 nitrogen and oxygen atoms in total. The molecule has 0 aliphatic rings. The van der Waals surface area contributed by atoms with Crippen LogP contribution in [0.15, 0.2) is 36.4 Å². The maximum absolute atomic E-state index is 11.7. The largest absolute Gasteiger partial charge is 0.504 e. The van der Waals surface area contributed by atoms with E-state index < -0.39 is 23.2 Å². The van der Waals surface area contributed by atoms with Gasteiger partial charge in [-0.3, -0.25) is 0 Å². The third kappa shape index (κ3) is 5.60. The van der Waals surface area contributed by atoms with Crippen LogP contribution in [-0.2, 0) is 4.74 Å². The quantitative estimate of drug-likeness (QED) is 0.311. The first-order valence-electron chi connectivity index (χ1n) is 6.78. The maximum Gasteiger partial charge on any atom is 0.338 e. The molecule has 0 aliphatic carbocycles. The lowest BCUT2D eigenvalue weighted by atomic mass is 10.2. The standard InChI is InChI=1S/C16H20O5/c1-2-3-4-5-6-7-8-9-21-16(20)12-10-13(17)15(19)14(18)11-12/h3-4,7-8,10-11,17-19H,2,5-6,9H2,1H3. The summed E-state index contributed by atoms with van der Waals surface area (Å²) >= 11 is 0. The van der Waals surface area contributed by atoms with Gasteiger partial charge < -0.3 is 20.1 Å². The summed E-state index contributed by atoms with van der Waals surface area (Å²) < 4.78 is 4.96. The molecule has 0 aliphatic heterocycles. The van der Waals surface area contributed by atoms with Gasteiger partial charge in [-0.15, -0.1) is 0 Å². The number of benzene rings is 1. The molecule has 0 amide bonds. The highest BCUT2D eigenvalue weighted by Crippen LogP contribution is 2.35. The fourth-order valence-electron chi connectivity index (χ4n) is 1.59. The van der Waals surface area contributed by atoms with E-state index in [2.05, 4.69) is 19.1 Å². The summed E-state index contributed by atoms with van der Waals surface area (Å²) in [6.45, 7) is 2.18. The van der Waals surface area contributed by atoms with Crippen molar-refractivity contribution in [3.63, 3.8) is 0 Å². The SMILES string of the molecule is CCC=CCCC=CCOC(=O)c1cc(O)c(O)c(O)c1. The average molecular weight is 292 g/mol. The summed E-state index contributed by atoms with van der Waals surface area (Å²) in [4.78, 5) is 11.7. The van der Waals surface area contributed by atoms with Gasteiger partial charge in [0.25, 0.3) is 0 Å². The molecule has 5 heteroatoms. The molecule has 0 radical (unpaired) electrons. The molecule has 0 spiro atoms. The van der Waals surface area contributed by atoms with Gasteiger partial charge in [-0.1, -0.05) is 31.2 Å². The minimum absolute atomic E-state index is 0.0259. The molecule has 0 saturated carbocycles. The van der Waals surface area contributed by atoms with E-state index in [-0.39, 0.29) is 12.2 Å². The summed E-state index contributed by atoms with van der Waals surface area (Å²) in [7, 11) is 0. The van der Waals surface area contributed by atoms with Crippen LogP contribution in [0.4, 0.5) is 0 Å². The van der Waals surface area contributed by atoms with Gasteiger partial charge in [0.15, 0.2) is 17.2 Å². The zero-order valence-corrected chi connectivity index (χ0v) is 12.0. The lowest BCUT2D eigenvalue weighted by Crippen LogP contribution is -2.04. The predicted molar refractivity (Wildman–Crippen MR) is 79.5 cm³/mol. The summed E-state index contributed by atoms with van der Waals surface area (Å²) in [5.41, 5.74) is -0.0259. The van der Waals surface area contributed by atoms with Gasteiger partial charge in [0.2, 0.25) is 0 Å². The molecular weight excluding hydrogens is 272 g/mol. The topological polar surface area (TPSA) is 87.0 Å². The normalized spacial score (nSPS) is 11.3. The van der Waals surface area contributed by atoms with Crippen LogP contribution in [-0.4, -0.2) is 27.9 Å². The number of allylic oxidation sites excluding steroid dienone is 3. The maximum atomic E-state index is 11.7. The number of hydrogen-bond donors (Lipinski definition) is 3. The third-order valence-corrected chi connectivity index (χ3v) is 2.69. The molecule has 3 N–H and O–H groups in total. The zero-order valence-electron chi connectivity index (χ0n) is 12.0. The molecule has 1 aromatic carbocycles. The first-order chi connectivity index (χ1) is 10.1. The lowest BCUT2D eigenvalue weighted by Gasteiger charge is -2.05. The van der Waals surface area contributed by atoms with Gasteiger partial charge in [-0.2, -0.15) is 0 Å². The Hall–Kier alpha value is -2.43. The number of rotatable bonds is 7. The number of phenols is 3. The molecule has 0 aromatic heterocycles.